The summed E-state index contributed by atoms with van der Waals surface area (Å²) in [5.74, 6) is 1.29. The van der Waals surface area contributed by atoms with Gasteiger partial charge in [-0.3, -0.25) is 0 Å². The molecule has 0 amide bonds. The van der Waals surface area contributed by atoms with Crippen LogP contribution in [-0.2, 0) is 6.42 Å². The van der Waals surface area contributed by atoms with Gasteiger partial charge < -0.3 is 15.2 Å². The Morgan fingerprint density at radius 2 is 2.00 bits per heavy atom. The number of ether oxygens (including phenoxy) is 2. The van der Waals surface area contributed by atoms with Gasteiger partial charge in [-0.15, -0.1) is 0 Å². The van der Waals surface area contributed by atoms with Gasteiger partial charge in [0.25, 0.3) is 0 Å². The van der Waals surface area contributed by atoms with Crippen LogP contribution in [0.2, 0.25) is 0 Å². The molecule has 16 heavy (non-hydrogen) atoms. The molecule has 0 spiro atoms. The summed E-state index contributed by atoms with van der Waals surface area (Å²) in [5.41, 5.74) is 6.88. The summed E-state index contributed by atoms with van der Waals surface area (Å²) in [6, 6.07) is 5.47. The first kappa shape index (κ1) is 12.5. The van der Waals surface area contributed by atoms with Crippen LogP contribution in [0.15, 0.2) is 30.1 Å². The van der Waals surface area contributed by atoms with Crippen molar-refractivity contribution in [2.24, 2.45) is 5.73 Å². The van der Waals surface area contributed by atoms with Crippen LogP contribution in [0.1, 0.15) is 5.56 Å². The lowest BCUT2D eigenvalue weighted by atomic mass is 10.1. The first-order chi connectivity index (χ1) is 7.74. The maximum atomic E-state index is 12.4. The molecule has 88 valence electrons. The Hall–Kier alpha value is -1.55. The van der Waals surface area contributed by atoms with Crippen molar-refractivity contribution in [3.63, 3.8) is 0 Å². The van der Waals surface area contributed by atoms with E-state index in [0.717, 1.165) is 5.56 Å². The molecule has 1 aromatic carbocycles. The van der Waals surface area contributed by atoms with Crippen molar-refractivity contribution in [3.8, 4) is 11.5 Å². The molecule has 1 aromatic rings. The largest absolute Gasteiger partial charge is 0.493 e. The monoisotopic (exact) mass is 225 g/mol. The van der Waals surface area contributed by atoms with Crippen LogP contribution in [0, 0.1) is 0 Å². The Labute approximate surface area is 94.7 Å². The minimum absolute atomic E-state index is 0.213. The van der Waals surface area contributed by atoms with Crippen molar-refractivity contribution in [3.05, 3.63) is 35.7 Å². The van der Waals surface area contributed by atoms with Gasteiger partial charge in [0.15, 0.2) is 11.5 Å². The fraction of sp³-hybridized carbons (Fsp3) is 0.333. The van der Waals surface area contributed by atoms with Crippen molar-refractivity contribution in [2.75, 3.05) is 20.8 Å². The standard InChI is InChI=1S/C12H16FNO2/c1-15-11-4-3-9(6-12(11)16-2)5-10(7-13)8-14/h3-4,6-7H,5,8,14H2,1-2H3/b10-7+. The van der Waals surface area contributed by atoms with Gasteiger partial charge in [-0.25, -0.2) is 4.39 Å². The molecule has 0 unspecified atom stereocenters. The molecule has 0 radical (unpaired) electrons. The summed E-state index contributed by atoms with van der Waals surface area (Å²) < 4.78 is 22.6. The van der Waals surface area contributed by atoms with Crippen LogP contribution in [0.5, 0.6) is 11.5 Å². The molecule has 0 heterocycles. The number of hydrogen-bond donors (Lipinski definition) is 1. The molecule has 0 aliphatic carbocycles. The highest BCUT2D eigenvalue weighted by Gasteiger charge is 2.05. The van der Waals surface area contributed by atoms with E-state index in [-0.39, 0.29) is 6.54 Å². The Bertz CT molecular complexity index is 377. The zero-order chi connectivity index (χ0) is 12.0. The number of methoxy groups -OCH3 is 2. The number of hydrogen-bond acceptors (Lipinski definition) is 3. The molecule has 3 nitrogen and oxygen atoms in total. The summed E-state index contributed by atoms with van der Waals surface area (Å²) in [6.07, 6.45) is 1.03. The van der Waals surface area contributed by atoms with Crippen LogP contribution in [0.25, 0.3) is 0 Å². The van der Waals surface area contributed by atoms with Crippen molar-refractivity contribution in [2.45, 2.75) is 6.42 Å². The van der Waals surface area contributed by atoms with Gasteiger partial charge in [0.05, 0.1) is 20.5 Å². The molecule has 0 aliphatic heterocycles. The minimum atomic E-state index is 0.213. The molecule has 0 aliphatic rings. The lowest BCUT2D eigenvalue weighted by Crippen LogP contribution is -2.05. The fourth-order valence-corrected chi connectivity index (χ4v) is 1.41. The molecular weight excluding hydrogens is 209 g/mol. The maximum Gasteiger partial charge on any atom is 0.160 e. The fourth-order valence-electron chi connectivity index (χ4n) is 1.41. The van der Waals surface area contributed by atoms with E-state index in [1.165, 1.54) is 0 Å². The van der Waals surface area contributed by atoms with Crippen molar-refractivity contribution in [1.82, 2.24) is 0 Å². The van der Waals surface area contributed by atoms with E-state index >= 15 is 0 Å². The molecule has 2 N–H and O–H groups in total. The zero-order valence-corrected chi connectivity index (χ0v) is 9.50. The van der Waals surface area contributed by atoms with E-state index < -0.39 is 0 Å². The molecule has 1 rings (SSSR count). The predicted octanol–water partition coefficient (Wildman–Crippen LogP) is 2.06. The molecule has 0 atom stereocenters. The van der Waals surface area contributed by atoms with E-state index in [4.69, 9.17) is 15.2 Å². The van der Waals surface area contributed by atoms with Gasteiger partial charge >= 0.3 is 0 Å². The topological polar surface area (TPSA) is 44.5 Å². The Morgan fingerprint density at radius 3 is 2.50 bits per heavy atom. The highest BCUT2D eigenvalue weighted by molar-refractivity contribution is 5.43. The second kappa shape index (κ2) is 6.12. The van der Waals surface area contributed by atoms with E-state index in [1.807, 2.05) is 12.1 Å². The summed E-state index contributed by atoms with van der Waals surface area (Å²) in [6.45, 7) is 0.213. The number of rotatable bonds is 5. The average molecular weight is 225 g/mol. The summed E-state index contributed by atoms with van der Waals surface area (Å²) >= 11 is 0. The number of halogens is 1. The van der Waals surface area contributed by atoms with Gasteiger partial charge in [-0.2, -0.15) is 0 Å². The van der Waals surface area contributed by atoms with Gasteiger partial charge in [0.1, 0.15) is 0 Å². The van der Waals surface area contributed by atoms with E-state index in [9.17, 15) is 4.39 Å². The summed E-state index contributed by atoms with van der Waals surface area (Å²) in [5, 5.41) is 0. The van der Waals surface area contributed by atoms with Gasteiger partial charge in [0.2, 0.25) is 0 Å². The van der Waals surface area contributed by atoms with Crippen LogP contribution in [0.3, 0.4) is 0 Å². The molecule has 0 saturated heterocycles. The zero-order valence-electron chi connectivity index (χ0n) is 9.50. The van der Waals surface area contributed by atoms with Crippen LogP contribution < -0.4 is 15.2 Å². The Kier molecular flexibility index (Phi) is 4.79. The van der Waals surface area contributed by atoms with Gasteiger partial charge in [-0.1, -0.05) is 6.07 Å². The third-order valence-electron chi connectivity index (χ3n) is 2.30. The predicted molar refractivity (Wildman–Crippen MR) is 61.5 cm³/mol. The molecule has 0 saturated carbocycles. The Morgan fingerprint density at radius 1 is 1.31 bits per heavy atom. The van der Waals surface area contributed by atoms with Gasteiger partial charge in [0, 0.05) is 6.54 Å². The normalized spacial score (nSPS) is 11.4. The summed E-state index contributed by atoms with van der Waals surface area (Å²) in [4.78, 5) is 0. The molecule has 0 aromatic heterocycles. The van der Waals surface area contributed by atoms with Gasteiger partial charge in [-0.05, 0) is 29.7 Å². The third kappa shape index (κ3) is 2.97. The Balaban J connectivity index is 2.90. The van der Waals surface area contributed by atoms with E-state index in [0.29, 0.717) is 29.8 Å². The van der Waals surface area contributed by atoms with Crippen molar-refractivity contribution in [1.29, 1.82) is 0 Å². The quantitative estimate of drug-likeness (QED) is 0.834. The van der Waals surface area contributed by atoms with Crippen molar-refractivity contribution < 1.29 is 13.9 Å². The second-order valence-corrected chi connectivity index (χ2v) is 3.34. The highest BCUT2D eigenvalue weighted by Crippen LogP contribution is 2.28. The number of benzene rings is 1. The van der Waals surface area contributed by atoms with E-state index in [2.05, 4.69) is 0 Å². The number of nitrogens with two attached hydrogens (primary N) is 1. The van der Waals surface area contributed by atoms with Crippen LogP contribution >= 0.6 is 0 Å². The summed E-state index contributed by atoms with van der Waals surface area (Å²) in [7, 11) is 3.14. The second-order valence-electron chi connectivity index (χ2n) is 3.34. The highest BCUT2D eigenvalue weighted by atomic mass is 19.1. The average Bonchev–Trinajstić information content (AvgIpc) is 2.35. The molecule has 0 bridgehead atoms. The van der Waals surface area contributed by atoms with Crippen LogP contribution in [0.4, 0.5) is 4.39 Å². The first-order valence-corrected chi connectivity index (χ1v) is 4.94. The lowest BCUT2D eigenvalue weighted by molar-refractivity contribution is 0.354. The SMILES string of the molecule is COc1ccc(C/C(=C\F)CN)cc1OC. The molecule has 4 heteroatoms. The lowest BCUT2D eigenvalue weighted by Gasteiger charge is -2.10. The third-order valence-corrected chi connectivity index (χ3v) is 2.30. The first-order valence-electron chi connectivity index (χ1n) is 4.94. The minimum Gasteiger partial charge on any atom is -0.493 e. The molecule has 0 fully saturated rings. The molecular formula is C12H16FNO2. The van der Waals surface area contributed by atoms with E-state index in [1.54, 1.807) is 20.3 Å². The smallest absolute Gasteiger partial charge is 0.160 e. The van der Waals surface area contributed by atoms with Crippen LogP contribution in [-0.4, -0.2) is 20.8 Å². The maximum absolute atomic E-state index is 12.4. The van der Waals surface area contributed by atoms with Crippen molar-refractivity contribution >= 4 is 0 Å².